The highest BCUT2D eigenvalue weighted by Crippen LogP contribution is 2.20. The average Bonchev–Trinajstić information content (AvgIpc) is 2.37. The number of nitrogens with two attached hydrogens (primary N) is 1. The Morgan fingerprint density at radius 3 is 2.53 bits per heavy atom. The number of hydrogen-bond acceptors (Lipinski definition) is 5. The molecule has 104 valence electrons. The molecule has 1 rings (SSSR count). The van der Waals surface area contributed by atoms with E-state index in [4.69, 9.17) is 11.1 Å². The SMILES string of the molecule is COC(=O)NS(=O)(=O)N(C)c1ccccc1C(=N)N. The molecule has 0 atom stereocenters. The first-order valence-corrected chi connectivity index (χ1v) is 6.51. The molecule has 1 aromatic rings. The number of amides is 1. The number of anilines is 1. The number of nitrogen functional groups attached to an aromatic ring is 1. The minimum Gasteiger partial charge on any atom is -0.452 e. The lowest BCUT2D eigenvalue weighted by Crippen LogP contribution is -2.42. The number of carbonyl (C=O) groups is 1. The number of methoxy groups -OCH3 is 1. The van der Waals surface area contributed by atoms with Crippen LogP contribution in [0.2, 0.25) is 0 Å². The van der Waals surface area contributed by atoms with Gasteiger partial charge in [0.1, 0.15) is 5.84 Å². The standard InChI is InChI=1S/C10H14N4O4S/c1-14(19(16,17)13-10(15)18-2)8-6-4-3-5-7(8)9(11)12/h3-6H,1-2H3,(H3,11,12)(H,13,15). The van der Waals surface area contributed by atoms with Gasteiger partial charge in [0, 0.05) is 12.6 Å². The molecule has 0 saturated carbocycles. The summed E-state index contributed by atoms with van der Waals surface area (Å²) in [7, 11) is -1.84. The highest BCUT2D eigenvalue weighted by Gasteiger charge is 2.23. The van der Waals surface area contributed by atoms with Crippen molar-refractivity contribution >= 4 is 27.8 Å². The maximum atomic E-state index is 11.9. The van der Waals surface area contributed by atoms with E-state index >= 15 is 0 Å². The zero-order valence-corrected chi connectivity index (χ0v) is 11.2. The lowest BCUT2D eigenvalue weighted by atomic mass is 10.1. The van der Waals surface area contributed by atoms with E-state index in [1.165, 1.54) is 19.2 Å². The Labute approximate surface area is 110 Å². The lowest BCUT2D eigenvalue weighted by molar-refractivity contribution is 0.177. The lowest BCUT2D eigenvalue weighted by Gasteiger charge is -2.21. The summed E-state index contributed by atoms with van der Waals surface area (Å²) in [6.07, 6.45) is -1.10. The molecule has 0 spiro atoms. The molecule has 8 nitrogen and oxygen atoms in total. The van der Waals surface area contributed by atoms with Gasteiger partial charge < -0.3 is 10.5 Å². The van der Waals surface area contributed by atoms with Gasteiger partial charge in [0.25, 0.3) is 0 Å². The molecule has 0 bridgehead atoms. The van der Waals surface area contributed by atoms with E-state index in [1.807, 2.05) is 0 Å². The van der Waals surface area contributed by atoms with Gasteiger partial charge in [-0.3, -0.25) is 9.71 Å². The van der Waals surface area contributed by atoms with Crippen LogP contribution >= 0.6 is 0 Å². The first-order chi connectivity index (χ1) is 8.79. The second-order valence-electron chi connectivity index (χ2n) is 3.50. The number of para-hydroxylation sites is 1. The van der Waals surface area contributed by atoms with Crippen LogP contribution in [0, 0.1) is 5.41 Å². The molecule has 9 heteroatoms. The fraction of sp³-hybridized carbons (Fsp3) is 0.200. The molecule has 0 aliphatic carbocycles. The van der Waals surface area contributed by atoms with E-state index in [0.717, 1.165) is 11.4 Å². The first-order valence-electron chi connectivity index (χ1n) is 5.07. The van der Waals surface area contributed by atoms with E-state index in [-0.39, 0.29) is 17.1 Å². The number of nitrogens with one attached hydrogen (secondary N) is 2. The Hall–Kier alpha value is -2.29. The zero-order chi connectivity index (χ0) is 14.6. The molecule has 0 fully saturated rings. The minimum absolute atomic E-state index is 0.173. The van der Waals surface area contributed by atoms with Crippen LogP contribution in [0.1, 0.15) is 5.56 Å². The molecule has 0 aliphatic rings. The second-order valence-corrected chi connectivity index (χ2v) is 5.20. The maximum Gasteiger partial charge on any atom is 0.422 e. The second kappa shape index (κ2) is 5.57. The van der Waals surface area contributed by atoms with Gasteiger partial charge in [-0.25, -0.2) is 9.52 Å². The van der Waals surface area contributed by atoms with Gasteiger partial charge in [0.15, 0.2) is 0 Å². The van der Waals surface area contributed by atoms with Crippen LogP contribution in [-0.4, -0.2) is 34.5 Å². The topological polar surface area (TPSA) is 126 Å². The van der Waals surface area contributed by atoms with Crippen LogP contribution in [0.4, 0.5) is 10.5 Å². The van der Waals surface area contributed by atoms with Gasteiger partial charge in [-0.15, -0.1) is 0 Å². The summed E-state index contributed by atoms with van der Waals surface area (Å²) in [5.74, 6) is -0.282. The average molecular weight is 286 g/mol. The third kappa shape index (κ3) is 3.35. The van der Waals surface area contributed by atoms with Gasteiger partial charge in [0.05, 0.1) is 12.8 Å². The van der Waals surface area contributed by atoms with Gasteiger partial charge in [-0.2, -0.15) is 8.42 Å². The summed E-state index contributed by atoms with van der Waals surface area (Å²) in [6, 6.07) is 6.18. The van der Waals surface area contributed by atoms with Crippen LogP contribution < -0.4 is 14.8 Å². The Morgan fingerprint density at radius 2 is 2.00 bits per heavy atom. The Balaban J connectivity index is 3.17. The molecule has 0 saturated heterocycles. The predicted molar refractivity (Wildman–Crippen MR) is 70.3 cm³/mol. The minimum atomic E-state index is -4.12. The van der Waals surface area contributed by atoms with Crippen LogP contribution in [0.3, 0.4) is 0 Å². The van der Waals surface area contributed by atoms with Crippen molar-refractivity contribution < 1.29 is 17.9 Å². The number of benzene rings is 1. The van der Waals surface area contributed by atoms with Crippen LogP contribution in [0.5, 0.6) is 0 Å². The molecule has 0 radical (unpaired) electrons. The summed E-state index contributed by atoms with van der Waals surface area (Å²) in [5, 5.41) is 7.40. The molecular formula is C10H14N4O4S. The number of nitrogens with zero attached hydrogens (tertiary/aromatic N) is 1. The highest BCUT2D eigenvalue weighted by molar-refractivity contribution is 7.91. The van der Waals surface area contributed by atoms with E-state index < -0.39 is 16.3 Å². The van der Waals surface area contributed by atoms with E-state index in [0.29, 0.717) is 0 Å². The molecule has 19 heavy (non-hydrogen) atoms. The third-order valence-corrected chi connectivity index (χ3v) is 3.63. The molecule has 0 unspecified atom stereocenters. The molecule has 4 N–H and O–H groups in total. The third-order valence-electron chi connectivity index (χ3n) is 2.29. The van der Waals surface area contributed by atoms with Crippen LogP contribution in [0.25, 0.3) is 0 Å². The van der Waals surface area contributed by atoms with E-state index in [2.05, 4.69) is 4.74 Å². The Kier molecular flexibility index (Phi) is 4.33. The van der Waals surface area contributed by atoms with Crippen molar-refractivity contribution in [2.75, 3.05) is 18.5 Å². The van der Waals surface area contributed by atoms with Gasteiger partial charge >= 0.3 is 16.3 Å². The summed E-state index contributed by atoms with van der Waals surface area (Å²) in [5.41, 5.74) is 5.78. The fourth-order valence-electron chi connectivity index (χ4n) is 1.32. The number of rotatable bonds is 4. The monoisotopic (exact) mass is 286 g/mol. The molecule has 1 aromatic carbocycles. The quantitative estimate of drug-likeness (QED) is 0.531. The summed E-state index contributed by atoms with van der Waals surface area (Å²) < 4.78 is 30.5. The fourth-order valence-corrected chi connectivity index (χ4v) is 2.17. The van der Waals surface area contributed by atoms with E-state index in [9.17, 15) is 13.2 Å². The summed E-state index contributed by atoms with van der Waals surface area (Å²) in [6.45, 7) is 0. The van der Waals surface area contributed by atoms with Gasteiger partial charge in [-0.05, 0) is 12.1 Å². The number of amidine groups is 1. The van der Waals surface area contributed by atoms with Crippen molar-refractivity contribution in [3.8, 4) is 0 Å². The van der Waals surface area contributed by atoms with Crippen molar-refractivity contribution in [1.82, 2.24) is 4.72 Å². The van der Waals surface area contributed by atoms with E-state index in [1.54, 1.807) is 16.9 Å². The predicted octanol–water partition coefficient (Wildman–Crippen LogP) is 0.00767. The normalized spacial score (nSPS) is 10.6. The Morgan fingerprint density at radius 1 is 1.42 bits per heavy atom. The van der Waals surface area contributed by atoms with Gasteiger partial charge in [-0.1, -0.05) is 12.1 Å². The highest BCUT2D eigenvalue weighted by atomic mass is 32.2. The molecule has 0 aromatic heterocycles. The van der Waals surface area contributed by atoms with Crippen LogP contribution in [-0.2, 0) is 14.9 Å². The summed E-state index contributed by atoms with van der Waals surface area (Å²) in [4.78, 5) is 11.0. The summed E-state index contributed by atoms with van der Waals surface area (Å²) >= 11 is 0. The van der Waals surface area contributed by atoms with Crippen molar-refractivity contribution in [3.05, 3.63) is 29.8 Å². The molecule has 1 amide bonds. The van der Waals surface area contributed by atoms with Crippen molar-refractivity contribution in [2.24, 2.45) is 5.73 Å². The number of carbonyl (C=O) groups excluding carboxylic acids is 1. The van der Waals surface area contributed by atoms with Crippen molar-refractivity contribution in [3.63, 3.8) is 0 Å². The smallest absolute Gasteiger partial charge is 0.422 e. The van der Waals surface area contributed by atoms with Gasteiger partial charge in [0.2, 0.25) is 0 Å². The van der Waals surface area contributed by atoms with Crippen molar-refractivity contribution in [2.45, 2.75) is 0 Å². The van der Waals surface area contributed by atoms with Crippen LogP contribution in [0.15, 0.2) is 24.3 Å². The molecular weight excluding hydrogens is 272 g/mol. The first kappa shape index (κ1) is 14.8. The molecule has 0 heterocycles. The van der Waals surface area contributed by atoms with Crippen molar-refractivity contribution in [1.29, 1.82) is 5.41 Å². The Bertz CT molecular complexity index is 599. The number of hydrogen-bond donors (Lipinski definition) is 3. The number of ether oxygens (including phenoxy) is 1. The zero-order valence-electron chi connectivity index (χ0n) is 10.4. The largest absolute Gasteiger partial charge is 0.452 e. The maximum absolute atomic E-state index is 11.9. The molecule has 0 aliphatic heterocycles.